The van der Waals surface area contributed by atoms with Gasteiger partial charge in [0.1, 0.15) is 11.5 Å². The molecule has 6 heteroatoms. The van der Waals surface area contributed by atoms with Crippen molar-refractivity contribution in [1.82, 2.24) is 10.2 Å². The molecule has 2 amide bonds. The largest absolute Gasteiger partial charge is 0.497 e. The summed E-state index contributed by atoms with van der Waals surface area (Å²) in [7, 11) is 4.72. The van der Waals surface area contributed by atoms with E-state index in [9.17, 15) is 9.59 Å². The second-order valence-electron chi connectivity index (χ2n) is 5.33. The molecule has 1 N–H and O–H groups in total. The molecule has 0 saturated heterocycles. The smallest absolute Gasteiger partial charge is 0.239 e. The molecule has 1 aromatic rings. The standard InChI is InChI=1S/C16H24N2O4/c1-11(2)17-15(19)10-18(3)16(20)8-12-6-7-13(21-4)9-14(12)22-5/h6-7,9,11H,8,10H2,1-5H3,(H,17,19). The number of methoxy groups -OCH3 is 2. The van der Waals surface area contributed by atoms with Crippen LogP contribution in [0.3, 0.4) is 0 Å². The van der Waals surface area contributed by atoms with Crippen LogP contribution < -0.4 is 14.8 Å². The summed E-state index contributed by atoms with van der Waals surface area (Å²) in [5.74, 6) is 0.931. The number of carbonyl (C=O) groups is 2. The van der Waals surface area contributed by atoms with Gasteiger partial charge < -0.3 is 19.7 Å². The monoisotopic (exact) mass is 308 g/mol. The van der Waals surface area contributed by atoms with Crippen molar-refractivity contribution in [3.05, 3.63) is 23.8 Å². The normalized spacial score (nSPS) is 10.3. The van der Waals surface area contributed by atoms with Crippen LogP contribution in [0.5, 0.6) is 11.5 Å². The average molecular weight is 308 g/mol. The SMILES string of the molecule is COc1ccc(CC(=O)N(C)CC(=O)NC(C)C)c(OC)c1. The Hall–Kier alpha value is -2.24. The van der Waals surface area contributed by atoms with Crippen molar-refractivity contribution < 1.29 is 19.1 Å². The topological polar surface area (TPSA) is 67.9 Å². The van der Waals surface area contributed by atoms with Gasteiger partial charge in [-0.25, -0.2) is 0 Å². The van der Waals surface area contributed by atoms with E-state index in [2.05, 4.69) is 5.32 Å². The van der Waals surface area contributed by atoms with Crippen LogP contribution >= 0.6 is 0 Å². The summed E-state index contributed by atoms with van der Waals surface area (Å²) in [6.07, 6.45) is 0.165. The molecule has 0 spiro atoms. The van der Waals surface area contributed by atoms with E-state index in [0.717, 1.165) is 5.56 Å². The highest BCUT2D eigenvalue weighted by Crippen LogP contribution is 2.25. The first-order chi connectivity index (χ1) is 10.4. The van der Waals surface area contributed by atoms with Gasteiger partial charge in [-0.15, -0.1) is 0 Å². The summed E-state index contributed by atoms with van der Waals surface area (Å²) in [5, 5.41) is 2.76. The first-order valence-electron chi connectivity index (χ1n) is 7.11. The Morgan fingerprint density at radius 1 is 1.23 bits per heavy atom. The van der Waals surface area contributed by atoms with Crippen LogP contribution in [0, 0.1) is 0 Å². The second-order valence-corrected chi connectivity index (χ2v) is 5.33. The molecule has 0 unspecified atom stereocenters. The average Bonchev–Trinajstić information content (AvgIpc) is 2.46. The highest BCUT2D eigenvalue weighted by Gasteiger charge is 2.16. The zero-order chi connectivity index (χ0) is 16.7. The number of nitrogens with one attached hydrogen (secondary N) is 1. The van der Waals surface area contributed by atoms with Gasteiger partial charge in [-0.2, -0.15) is 0 Å². The molecule has 6 nitrogen and oxygen atoms in total. The fourth-order valence-corrected chi connectivity index (χ4v) is 1.97. The summed E-state index contributed by atoms with van der Waals surface area (Å²) < 4.78 is 10.4. The lowest BCUT2D eigenvalue weighted by molar-refractivity contribution is -0.134. The van der Waals surface area contributed by atoms with Gasteiger partial charge in [0.05, 0.1) is 27.2 Å². The highest BCUT2D eigenvalue weighted by atomic mass is 16.5. The zero-order valence-electron chi connectivity index (χ0n) is 13.8. The van der Waals surface area contributed by atoms with Crippen LogP contribution in [-0.4, -0.2) is 50.6 Å². The van der Waals surface area contributed by atoms with E-state index in [4.69, 9.17) is 9.47 Å². The lowest BCUT2D eigenvalue weighted by atomic mass is 10.1. The molecular formula is C16H24N2O4. The number of hydrogen-bond acceptors (Lipinski definition) is 4. The molecule has 0 aliphatic rings. The predicted octanol–water partition coefficient (Wildman–Crippen LogP) is 1.23. The minimum atomic E-state index is -0.174. The third-order valence-corrected chi connectivity index (χ3v) is 3.09. The van der Waals surface area contributed by atoms with Gasteiger partial charge in [-0.3, -0.25) is 9.59 Å². The van der Waals surface area contributed by atoms with Gasteiger partial charge in [0.2, 0.25) is 11.8 Å². The van der Waals surface area contributed by atoms with E-state index < -0.39 is 0 Å². The molecule has 0 aliphatic carbocycles. The maximum absolute atomic E-state index is 12.2. The lowest BCUT2D eigenvalue weighted by Crippen LogP contribution is -2.41. The fourth-order valence-electron chi connectivity index (χ4n) is 1.97. The quantitative estimate of drug-likeness (QED) is 0.822. The van der Waals surface area contributed by atoms with Crippen molar-refractivity contribution in [2.45, 2.75) is 26.3 Å². The fraction of sp³-hybridized carbons (Fsp3) is 0.500. The predicted molar refractivity (Wildman–Crippen MR) is 84.2 cm³/mol. The number of ether oxygens (including phenoxy) is 2. The summed E-state index contributed by atoms with van der Waals surface area (Å²) in [6, 6.07) is 5.35. The van der Waals surface area contributed by atoms with Crippen LogP contribution in [0.1, 0.15) is 19.4 Å². The van der Waals surface area contributed by atoms with Crippen molar-refractivity contribution in [2.75, 3.05) is 27.8 Å². The van der Waals surface area contributed by atoms with E-state index in [1.54, 1.807) is 39.5 Å². The van der Waals surface area contributed by atoms with Crippen molar-refractivity contribution >= 4 is 11.8 Å². The Labute approximate surface area is 131 Å². The molecule has 0 heterocycles. The summed E-state index contributed by atoms with van der Waals surface area (Å²) in [5.41, 5.74) is 0.754. The van der Waals surface area contributed by atoms with Crippen LogP contribution in [0.25, 0.3) is 0 Å². The molecule has 122 valence electrons. The number of hydrogen-bond donors (Lipinski definition) is 1. The molecule has 1 aromatic carbocycles. The Morgan fingerprint density at radius 3 is 2.45 bits per heavy atom. The van der Waals surface area contributed by atoms with Gasteiger partial charge in [0.25, 0.3) is 0 Å². The molecule has 1 rings (SSSR count). The molecule has 0 atom stereocenters. The summed E-state index contributed by atoms with van der Waals surface area (Å²) >= 11 is 0. The number of nitrogens with zero attached hydrogens (tertiary/aromatic N) is 1. The summed E-state index contributed by atoms with van der Waals surface area (Å²) in [4.78, 5) is 25.3. The number of amides is 2. The van der Waals surface area contributed by atoms with E-state index in [-0.39, 0.29) is 30.8 Å². The summed E-state index contributed by atoms with van der Waals surface area (Å²) in [6.45, 7) is 3.79. The van der Waals surface area contributed by atoms with Gasteiger partial charge in [0.15, 0.2) is 0 Å². The lowest BCUT2D eigenvalue weighted by Gasteiger charge is -2.18. The third kappa shape index (κ3) is 5.27. The van der Waals surface area contributed by atoms with Gasteiger partial charge >= 0.3 is 0 Å². The molecule has 0 aromatic heterocycles. The highest BCUT2D eigenvalue weighted by molar-refractivity contribution is 5.86. The van der Waals surface area contributed by atoms with Gasteiger partial charge in [0, 0.05) is 24.7 Å². The molecule has 0 fully saturated rings. The minimum absolute atomic E-state index is 0.0372. The van der Waals surface area contributed by atoms with Crippen LogP contribution in [0.2, 0.25) is 0 Å². The van der Waals surface area contributed by atoms with Crippen LogP contribution in [0.15, 0.2) is 18.2 Å². The molecule has 0 aliphatic heterocycles. The molecular weight excluding hydrogens is 284 g/mol. The van der Waals surface area contributed by atoms with Crippen LogP contribution in [0.4, 0.5) is 0 Å². The number of carbonyl (C=O) groups excluding carboxylic acids is 2. The maximum atomic E-state index is 12.2. The third-order valence-electron chi connectivity index (χ3n) is 3.09. The molecule has 0 bridgehead atoms. The minimum Gasteiger partial charge on any atom is -0.497 e. The van der Waals surface area contributed by atoms with Crippen molar-refractivity contribution in [2.24, 2.45) is 0 Å². The Balaban J connectivity index is 2.69. The maximum Gasteiger partial charge on any atom is 0.239 e. The Bertz CT molecular complexity index is 529. The molecule has 22 heavy (non-hydrogen) atoms. The zero-order valence-corrected chi connectivity index (χ0v) is 13.8. The molecule has 0 radical (unpaired) electrons. The van der Waals surface area contributed by atoms with Gasteiger partial charge in [-0.05, 0) is 19.9 Å². The Kier molecular flexibility index (Phi) is 6.69. The van der Waals surface area contributed by atoms with Crippen LogP contribution in [-0.2, 0) is 16.0 Å². The number of rotatable bonds is 7. The van der Waals surface area contributed by atoms with E-state index in [0.29, 0.717) is 11.5 Å². The second kappa shape index (κ2) is 8.26. The first-order valence-corrected chi connectivity index (χ1v) is 7.11. The number of benzene rings is 1. The number of likely N-dealkylation sites (N-methyl/N-ethyl adjacent to an activating group) is 1. The van der Waals surface area contributed by atoms with E-state index in [1.165, 1.54) is 4.90 Å². The van der Waals surface area contributed by atoms with Gasteiger partial charge in [-0.1, -0.05) is 6.07 Å². The molecule has 0 saturated carbocycles. The van der Waals surface area contributed by atoms with Crippen molar-refractivity contribution in [3.8, 4) is 11.5 Å². The Morgan fingerprint density at radius 2 is 1.91 bits per heavy atom. The van der Waals surface area contributed by atoms with E-state index in [1.807, 2.05) is 13.8 Å². The van der Waals surface area contributed by atoms with E-state index >= 15 is 0 Å². The van der Waals surface area contributed by atoms with Crippen molar-refractivity contribution in [3.63, 3.8) is 0 Å². The first kappa shape index (κ1) is 17.8. The van der Waals surface area contributed by atoms with Crippen molar-refractivity contribution in [1.29, 1.82) is 0 Å².